The zero-order valence-corrected chi connectivity index (χ0v) is 12.0. The number of hydrogen-bond donors (Lipinski definition) is 0. The van der Waals surface area contributed by atoms with Crippen molar-refractivity contribution in [3.05, 3.63) is 17.0 Å². The van der Waals surface area contributed by atoms with E-state index in [1.165, 1.54) is 19.4 Å². The van der Waals surface area contributed by atoms with E-state index in [1.807, 2.05) is 6.07 Å². The van der Waals surface area contributed by atoms with Crippen molar-refractivity contribution in [2.75, 3.05) is 31.6 Å². The normalized spacial score (nSPS) is 20.8. The predicted octanol–water partition coefficient (Wildman–Crippen LogP) is 2.16. The van der Waals surface area contributed by atoms with Crippen molar-refractivity contribution in [1.82, 2.24) is 14.9 Å². The molecule has 0 amide bonds. The quantitative estimate of drug-likeness (QED) is 0.798. The van der Waals surface area contributed by atoms with E-state index in [0.29, 0.717) is 6.04 Å². The molecule has 1 aliphatic heterocycles. The number of rotatable bonds is 4. The van der Waals surface area contributed by atoms with Gasteiger partial charge in [-0.25, -0.2) is 9.97 Å². The summed E-state index contributed by atoms with van der Waals surface area (Å²) in [5.74, 6) is 0.981. The smallest absolute Gasteiger partial charge is 0.132 e. The molecule has 2 heterocycles. The van der Waals surface area contributed by atoms with E-state index in [-0.39, 0.29) is 0 Å². The van der Waals surface area contributed by atoms with Gasteiger partial charge in [0.1, 0.15) is 16.7 Å². The van der Waals surface area contributed by atoms with Gasteiger partial charge in [0, 0.05) is 25.7 Å². The van der Waals surface area contributed by atoms with Crippen molar-refractivity contribution in [3.8, 4) is 0 Å². The van der Waals surface area contributed by atoms with Gasteiger partial charge >= 0.3 is 0 Å². The second-order valence-corrected chi connectivity index (χ2v) is 5.32. The first-order valence-electron chi connectivity index (χ1n) is 6.13. The lowest BCUT2D eigenvalue weighted by Gasteiger charge is -2.28. The standard InChI is InChI=1S/C12H19BrN4/c1-3-17-6-4-5-10(17)8-16(2)12-7-11(13)14-9-15-12/h7,9-10H,3-6,8H2,1-2H3. The van der Waals surface area contributed by atoms with Crippen molar-refractivity contribution in [1.29, 1.82) is 0 Å². The van der Waals surface area contributed by atoms with Crippen LogP contribution >= 0.6 is 15.9 Å². The Hall–Kier alpha value is -0.680. The van der Waals surface area contributed by atoms with Crippen LogP contribution in [0, 0.1) is 0 Å². The first kappa shape index (κ1) is 12.8. The highest BCUT2D eigenvalue weighted by atomic mass is 79.9. The van der Waals surface area contributed by atoms with Gasteiger partial charge in [-0.15, -0.1) is 0 Å². The topological polar surface area (TPSA) is 32.3 Å². The Morgan fingerprint density at radius 1 is 1.53 bits per heavy atom. The van der Waals surface area contributed by atoms with Gasteiger partial charge in [-0.1, -0.05) is 6.92 Å². The third kappa shape index (κ3) is 3.16. The summed E-state index contributed by atoms with van der Waals surface area (Å²) < 4.78 is 0.841. The first-order valence-corrected chi connectivity index (χ1v) is 6.92. The van der Waals surface area contributed by atoms with Gasteiger partial charge < -0.3 is 4.90 Å². The molecule has 0 radical (unpaired) electrons. The van der Waals surface area contributed by atoms with Crippen LogP contribution in [0.3, 0.4) is 0 Å². The molecule has 1 aromatic rings. The Labute approximate surface area is 111 Å². The molecule has 1 aromatic heterocycles. The number of likely N-dealkylation sites (tertiary alicyclic amines) is 1. The average molecular weight is 299 g/mol. The molecule has 1 saturated heterocycles. The third-order valence-corrected chi connectivity index (χ3v) is 3.83. The van der Waals surface area contributed by atoms with Crippen LogP contribution < -0.4 is 4.90 Å². The molecule has 0 saturated carbocycles. The fourth-order valence-corrected chi connectivity index (χ4v) is 2.76. The highest BCUT2D eigenvalue weighted by Gasteiger charge is 2.24. The average Bonchev–Trinajstić information content (AvgIpc) is 2.76. The summed E-state index contributed by atoms with van der Waals surface area (Å²) in [6.45, 7) is 5.66. The Balaban J connectivity index is 1.99. The van der Waals surface area contributed by atoms with E-state index < -0.39 is 0 Å². The SMILES string of the molecule is CCN1CCCC1CN(C)c1cc(Br)ncn1. The van der Waals surface area contributed by atoms with E-state index in [0.717, 1.165) is 23.5 Å². The summed E-state index contributed by atoms with van der Waals surface area (Å²) in [5.41, 5.74) is 0. The van der Waals surface area contributed by atoms with Crippen LogP contribution in [0.1, 0.15) is 19.8 Å². The summed E-state index contributed by atoms with van der Waals surface area (Å²) in [6.07, 6.45) is 4.21. The van der Waals surface area contributed by atoms with Crippen LogP contribution in [0.2, 0.25) is 0 Å². The first-order chi connectivity index (χ1) is 8.20. The number of likely N-dealkylation sites (N-methyl/N-ethyl adjacent to an activating group) is 2. The van der Waals surface area contributed by atoms with Gasteiger partial charge in [-0.05, 0) is 41.9 Å². The van der Waals surface area contributed by atoms with E-state index in [1.54, 1.807) is 6.33 Å². The monoisotopic (exact) mass is 298 g/mol. The summed E-state index contributed by atoms with van der Waals surface area (Å²) in [7, 11) is 2.10. The van der Waals surface area contributed by atoms with E-state index in [9.17, 15) is 0 Å². The maximum Gasteiger partial charge on any atom is 0.132 e. The molecule has 1 aliphatic rings. The van der Waals surface area contributed by atoms with Gasteiger partial charge in [0.2, 0.25) is 0 Å². The Morgan fingerprint density at radius 2 is 2.35 bits per heavy atom. The zero-order chi connectivity index (χ0) is 12.3. The van der Waals surface area contributed by atoms with Gasteiger partial charge in [0.15, 0.2) is 0 Å². The van der Waals surface area contributed by atoms with Gasteiger partial charge in [0.05, 0.1) is 0 Å². The Kier molecular flexibility index (Phi) is 4.34. The Bertz CT molecular complexity index is 371. The number of hydrogen-bond acceptors (Lipinski definition) is 4. The molecule has 0 aromatic carbocycles. The number of halogens is 1. The molecule has 0 N–H and O–H groups in total. The minimum Gasteiger partial charge on any atom is -0.358 e. The van der Waals surface area contributed by atoms with Crippen LogP contribution in [-0.4, -0.2) is 47.6 Å². The molecule has 1 unspecified atom stereocenters. The summed E-state index contributed by atoms with van der Waals surface area (Å²) >= 11 is 3.38. The molecule has 0 bridgehead atoms. The third-order valence-electron chi connectivity index (χ3n) is 3.40. The molecule has 4 nitrogen and oxygen atoms in total. The van der Waals surface area contributed by atoms with Crippen LogP contribution in [0.15, 0.2) is 17.0 Å². The maximum atomic E-state index is 4.30. The van der Waals surface area contributed by atoms with E-state index in [2.05, 4.69) is 49.7 Å². The number of anilines is 1. The van der Waals surface area contributed by atoms with Gasteiger partial charge in [0.25, 0.3) is 0 Å². The minimum atomic E-state index is 0.666. The van der Waals surface area contributed by atoms with Gasteiger partial charge in [-0.2, -0.15) is 0 Å². The molecule has 0 spiro atoms. The lowest BCUT2D eigenvalue weighted by Crippen LogP contribution is -2.39. The lowest BCUT2D eigenvalue weighted by molar-refractivity contribution is 0.270. The molecular weight excluding hydrogens is 280 g/mol. The highest BCUT2D eigenvalue weighted by Crippen LogP contribution is 2.20. The van der Waals surface area contributed by atoms with Crippen LogP contribution in [0.5, 0.6) is 0 Å². The van der Waals surface area contributed by atoms with Crippen molar-refractivity contribution >= 4 is 21.7 Å². The molecule has 17 heavy (non-hydrogen) atoms. The van der Waals surface area contributed by atoms with Crippen LogP contribution in [-0.2, 0) is 0 Å². The number of aromatic nitrogens is 2. The lowest BCUT2D eigenvalue weighted by atomic mass is 10.2. The van der Waals surface area contributed by atoms with Crippen LogP contribution in [0.4, 0.5) is 5.82 Å². The van der Waals surface area contributed by atoms with Crippen molar-refractivity contribution in [2.45, 2.75) is 25.8 Å². The van der Waals surface area contributed by atoms with Crippen molar-refractivity contribution in [3.63, 3.8) is 0 Å². The molecular formula is C12H19BrN4. The molecule has 1 fully saturated rings. The summed E-state index contributed by atoms with van der Waals surface area (Å²) in [4.78, 5) is 13.1. The fraction of sp³-hybridized carbons (Fsp3) is 0.667. The molecule has 94 valence electrons. The zero-order valence-electron chi connectivity index (χ0n) is 10.4. The number of nitrogens with zero attached hydrogens (tertiary/aromatic N) is 4. The largest absolute Gasteiger partial charge is 0.358 e. The Morgan fingerprint density at radius 3 is 3.06 bits per heavy atom. The van der Waals surface area contributed by atoms with Gasteiger partial charge in [-0.3, -0.25) is 4.90 Å². The second-order valence-electron chi connectivity index (χ2n) is 4.50. The minimum absolute atomic E-state index is 0.666. The van der Waals surface area contributed by atoms with E-state index in [4.69, 9.17) is 0 Å². The van der Waals surface area contributed by atoms with E-state index >= 15 is 0 Å². The maximum absolute atomic E-state index is 4.30. The van der Waals surface area contributed by atoms with Crippen molar-refractivity contribution < 1.29 is 0 Å². The molecule has 2 rings (SSSR count). The second kappa shape index (κ2) is 5.78. The summed E-state index contributed by atoms with van der Waals surface area (Å²) in [6, 6.07) is 2.63. The predicted molar refractivity (Wildman–Crippen MR) is 73.3 cm³/mol. The summed E-state index contributed by atoms with van der Waals surface area (Å²) in [5, 5.41) is 0. The molecule has 5 heteroatoms. The van der Waals surface area contributed by atoms with Crippen LogP contribution in [0.25, 0.3) is 0 Å². The molecule has 0 aliphatic carbocycles. The highest BCUT2D eigenvalue weighted by molar-refractivity contribution is 9.10. The van der Waals surface area contributed by atoms with Crippen molar-refractivity contribution in [2.24, 2.45) is 0 Å². The fourth-order valence-electron chi connectivity index (χ4n) is 2.46. The molecule has 1 atom stereocenters.